The van der Waals surface area contributed by atoms with Crippen molar-refractivity contribution in [3.63, 3.8) is 0 Å². The Morgan fingerprint density at radius 1 is 0.789 bits per heavy atom. The lowest BCUT2D eigenvalue weighted by Gasteiger charge is -2.19. The van der Waals surface area contributed by atoms with Gasteiger partial charge in [-0.1, -0.05) is 58.3 Å². The topological polar surface area (TPSA) is 32.3 Å². The van der Waals surface area contributed by atoms with Gasteiger partial charge in [0, 0.05) is 19.6 Å². The van der Waals surface area contributed by atoms with Gasteiger partial charge in [-0.3, -0.25) is 0 Å². The predicted octanol–water partition coefficient (Wildman–Crippen LogP) is 4.57. The number of unbranched alkanes of at least 4 members (excludes halogenated alkanes) is 8. The first kappa shape index (κ1) is 18.3. The van der Waals surface area contributed by atoms with E-state index in [1.165, 1.54) is 51.4 Å². The summed E-state index contributed by atoms with van der Waals surface area (Å²) in [6, 6.07) is 0.0876. The average molecular weight is 270 g/mol. The minimum absolute atomic E-state index is 0.0876. The van der Waals surface area contributed by atoms with E-state index in [0.717, 1.165) is 26.1 Å². The van der Waals surface area contributed by atoms with Gasteiger partial charge in [-0.05, 0) is 20.3 Å². The van der Waals surface area contributed by atoms with Gasteiger partial charge >= 0.3 is 6.03 Å². The maximum absolute atomic E-state index is 11.7. The summed E-state index contributed by atoms with van der Waals surface area (Å²) in [7, 11) is 0. The highest BCUT2D eigenvalue weighted by atomic mass is 16.2. The molecule has 0 rings (SSSR count). The maximum Gasteiger partial charge on any atom is 0.317 e. The Labute approximate surface area is 120 Å². The zero-order chi connectivity index (χ0) is 14.3. The van der Waals surface area contributed by atoms with Crippen LogP contribution < -0.4 is 5.32 Å². The molecule has 2 amide bonds. The molecular weight excluding hydrogens is 236 g/mol. The molecule has 0 aromatic rings. The molecule has 3 nitrogen and oxygen atoms in total. The average Bonchev–Trinajstić information content (AvgIpc) is 2.42. The fourth-order valence-corrected chi connectivity index (χ4v) is 2.25. The first-order valence-corrected chi connectivity index (χ1v) is 8.29. The van der Waals surface area contributed by atoms with E-state index in [2.05, 4.69) is 12.2 Å². The highest BCUT2D eigenvalue weighted by Crippen LogP contribution is 2.09. The second kappa shape index (κ2) is 13.7. The molecule has 0 saturated carbocycles. The molecule has 0 spiro atoms. The number of nitrogens with one attached hydrogen (secondary N) is 1. The van der Waals surface area contributed by atoms with Gasteiger partial charge in [-0.25, -0.2) is 4.79 Å². The van der Waals surface area contributed by atoms with Crippen LogP contribution in [0.5, 0.6) is 0 Å². The molecule has 0 aromatic carbocycles. The second-order valence-corrected chi connectivity index (χ2v) is 5.23. The smallest absolute Gasteiger partial charge is 0.317 e. The second-order valence-electron chi connectivity index (χ2n) is 5.23. The Hall–Kier alpha value is -0.730. The van der Waals surface area contributed by atoms with Crippen LogP contribution in [-0.4, -0.2) is 30.6 Å². The van der Waals surface area contributed by atoms with Crippen molar-refractivity contribution in [2.75, 3.05) is 19.6 Å². The van der Waals surface area contributed by atoms with Crippen molar-refractivity contribution in [3.8, 4) is 0 Å². The summed E-state index contributed by atoms with van der Waals surface area (Å²) in [4.78, 5) is 13.5. The van der Waals surface area contributed by atoms with Crippen molar-refractivity contribution < 1.29 is 4.79 Å². The van der Waals surface area contributed by atoms with Gasteiger partial charge in [-0.2, -0.15) is 0 Å². The number of carbonyl (C=O) groups is 1. The highest BCUT2D eigenvalue weighted by Gasteiger charge is 2.06. The lowest BCUT2D eigenvalue weighted by molar-refractivity contribution is 0.203. The molecule has 0 atom stereocenters. The quantitative estimate of drug-likeness (QED) is 0.518. The van der Waals surface area contributed by atoms with Crippen LogP contribution in [0, 0.1) is 0 Å². The Bertz CT molecular complexity index is 203. The summed E-state index contributed by atoms with van der Waals surface area (Å²) in [5.74, 6) is 0. The van der Waals surface area contributed by atoms with Crippen LogP contribution in [-0.2, 0) is 0 Å². The molecule has 0 heterocycles. The van der Waals surface area contributed by atoms with Gasteiger partial charge < -0.3 is 10.2 Å². The molecule has 0 aliphatic carbocycles. The number of hydrogen-bond donors (Lipinski definition) is 1. The van der Waals surface area contributed by atoms with E-state index >= 15 is 0 Å². The minimum Gasteiger partial charge on any atom is -0.338 e. The minimum atomic E-state index is 0.0876. The lowest BCUT2D eigenvalue weighted by Crippen LogP contribution is -2.40. The van der Waals surface area contributed by atoms with Gasteiger partial charge in [0.05, 0.1) is 0 Å². The van der Waals surface area contributed by atoms with Crippen LogP contribution >= 0.6 is 0 Å². The van der Waals surface area contributed by atoms with Crippen LogP contribution in [0.3, 0.4) is 0 Å². The zero-order valence-corrected chi connectivity index (χ0v) is 13.3. The first-order valence-electron chi connectivity index (χ1n) is 8.29. The van der Waals surface area contributed by atoms with Crippen molar-refractivity contribution in [1.82, 2.24) is 10.2 Å². The molecule has 0 fully saturated rings. The number of nitrogens with zero attached hydrogens (tertiary/aromatic N) is 1. The predicted molar refractivity (Wildman–Crippen MR) is 83.5 cm³/mol. The third kappa shape index (κ3) is 10.8. The molecular formula is C16H34N2O. The summed E-state index contributed by atoms with van der Waals surface area (Å²) < 4.78 is 0. The standard InChI is InChI=1S/C16H34N2O/c1-4-7-8-9-10-11-12-13-14-15-17-16(19)18(5-2)6-3/h4-15H2,1-3H3,(H,17,19). The first-order chi connectivity index (χ1) is 9.26. The molecule has 0 aromatic heterocycles. The molecule has 3 heteroatoms. The van der Waals surface area contributed by atoms with Crippen molar-refractivity contribution in [2.24, 2.45) is 0 Å². The Kier molecular flexibility index (Phi) is 13.2. The fraction of sp³-hybridized carbons (Fsp3) is 0.938. The maximum atomic E-state index is 11.7. The monoisotopic (exact) mass is 270 g/mol. The molecule has 0 saturated heterocycles. The van der Waals surface area contributed by atoms with E-state index in [0.29, 0.717) is 0 Å². The van der Waals surface area contributed by atoms with E-state index in [9.17, 15) is 4.79 Å². The van der Waals surface area contributed by atoms with Crippen LogP contribution in [0.15, 0.2) is 0 Å². The van der Waals surface area contributed by atoms with Crippen molar-refractivity contribution in [1.29, 1.82) is 0 Å². The lowest BCUT2D eigenvalue weighted by atomic mass is 10.1. The molecule has 0 aliphatic heterocycles. The summed E-state index contributed by atoms with van der Waals surface area (Å²) >= 11 is 0. The van der Waals surface area contributed by atoms with Crippen LogP contribution in [0.25, 0.3) is 0 Å². The summed E-state index contributed by atoms with van der Waals surface area (Å²) in [6.45, 7) is 8.70. The zero-order valence-electron chi connectivity index (χ0n) is 13.3. The van der Waals surface area contributed by atoms with E-state index in [1.54, 1.807) is 0 Å². The molecule has 1 N–H and O–H groups in total. The van der Waals surface area contributed by atoms with Crippen LogP contribution in [0.1, 0.15) is 78.6 Å². The van der Waals surface area contributed by atoms with E-state index in [-0.39, 0.29) is 6.03 Å². The van der Waals surface area contributed by atoms with Crippen LogP contribution in [0.4, 0.5) is 4.79 Å². The largest absolute Gasteiger partial charge is 0.338 e. The van der Waals surface area contributed by atoms with Gasteiger partial charge in [0.25, 0.3) is 0 Å². The summed E-state index contributed by atoms with van der Waals surface area (Å²) in [6.07, 6.45) is 11.9. The molecule has 0 bridgehead atoms. The summed E-state index contributed by atoms with van der Waals surface area (Å²) in [5, 5.41) is 2.99. The van der Waals surface area contributed by atoms with E-state index in [1.807, 2.05) is 18.7 Å². The summed E-state index contributed by atoms with van der Waals surface area (Å²) in [5.41, 5.74) is 0. The molecule has 19 heavy (non-hydrogen) atoms. The Morgan fingerprint density at radius 3 is 1.74 bits per heavy atom. The fourth-order valence-electron chi connectivity index (χ4n) is 2.25. The number of amides is 2. The molecule has 114 valence electrons. The van der Waals surface area contributed by atoms with Gasteiger partial charge in [0.15, 0.2) is 0 Å². The molecule has 0 radical (unpaired) electrons. The Morgan fingerprint density at radius 2 is 1.26 bits per heavy atom. The van der Waals surface area contributed by atoms with Crippen molar-refractivity contribution >= 4 is 6.03 Å². The molecule has 0 aliphatic rings. The van der Waals surface area contributed by atoms with Gasteiger partial charge in [-0.15, -0.1) is 0 Å². The highest BCUT2D eigenvalue weighted by molar-refractivity contribution is 5.73. The van der Waals surface area contributed by atoms with E-state index < -0.39 is 0 Å². The molecule has 0 unspecified atom stereocenters. The van der Waals surface area contributed by atoms with Gasteiger partial charge in [0.1, 0.15) is 0 Å². The van der Waals surface area contributed by atoms with Crippen molar-refractivity contribution in [2.45, 2.75) is 78.6 Å². The van der Waals surface area contributed by atoms with Crippen LogP contribution in [0.2, 0.25) is 0 Å². The number of carbonyl (C=O) groups excluding carboxylic acids is 1. The number of hydrogen-bond acceptors (Lipinski definition) is 1. The number of urea groups is 1. The number of rotatable bonds is 12. The third-order valence-electron chi connectivity index (χ3n) is 3.61. The Balaban J connectivity index is 3.24. The SMILES string of the molecule is CCCCCCCCCCCNC(=O)N(CC)CC. The van der Waals surface area contributed by atoms with Gasteiger partial charge in [0.2, 0.25) is 0 Å². The van der Waals surface area contributed by atoms with E-state index in [4.69, 9.17) is 0 Å². The third-order valence-corrected chi connectivity index (χ3v) is 3.61. The normalized spacial score (nSPS) is 10.5. The van der Waals surface area contributed by atoms with Crippen molar-refractivity contribution in [3.05, 3.63) is 0 Å².